The summed E-state index contributed by atoms with van der Waals surface area (Å²) >= 11 is 0. The average Bonchev–Trinajstić information content (AvgIpc) is 2.95. The summed E-state index contributed by atoms with van der Waals surface area (Å²) in [4.78, 5) is 12.5. The van der Waals surface area contributed by atoms with Crippen molar-refractivity contribution in [1.29, 1.82) is 0 Å². The monoisotopic (exact) mass is 320 g/mol. The topological polar surface area (TPSA) is 78.3 Å². The van der Waals surface area contributed by atoms with E-state index in [4.69, 9.17) is 4.74 Å². The minimum Gasteiger partial charge on any atom is -0.422 e. The molecule has 22 heavy (non-hydrogen) atoms. The highest BCUT2D eigenvalue weighted by molar-refractivity contribution is 7.93. The van der Waals surface area contributed by atoms with Crippen molar-refractivity contribution in [3.8, 4) is 5.75 Å². The molecule has 7 heteroatoms. The van der Waals surface area contributed by atoms with E-state index in [9.17, 15) is 13.2 Å². The number of nitrogens with zero attached hydrogens (tertiary/aromatic N) is 2. The Morgan fingerprint density at radius 1 is 1.41 bits per heavy atom. The number of carbonyl (C=O) groups excluding carboxylic acids is 1. The molecule has 0 radical (unpaired) electrons. The summed E-state index contributed by atoms with van der Waals surface area (Å²) in [6.07, 6.45) is 3.76. The third kappa shape index (κ3) is 2.52. The Balaban J connectivity index is 1.85. The molecular weight excluding hydrogens is 304 g/mol. The van der Waals surface area contributed by atoms with Crippen molar-refractivity contribution >= 4 is 15.8 Å². The van der Waals surface area contributed by atoms with Crippen LogP contribution in [0.15, 0.2) is 41.6 Å². The number of fused-ring (bicyclic) bond motifs is 1. The lowest BCUT2D eigenvalue weighted by atomic mass is 10.1. The molecule has 0 bridgehead atoms. The summed E-state index contributed by atoms with van der Waals surface area (Å²) in [5, 5.41) is 2.84. The summed E-state index contributed by atoms with van der Waals surface area (Å²) in [5.41, 5.74) is 0.755. The fourth-order valence-electron chi connectivity index (χ4n) is 2.58. The van der Waals surface area contributed by atoms with Crippen LogP contribution < -0.4 is 4.74 Å². The van der Waals surface area contributed by atoms with E-state index in [1.54, 1.807) is 35.1 Å². The maximum Gasteiger partial charge on any atom is 0.330 e. The van der Waals surface area contributed by atoms with E-state index in [0.29, 0.717) is 13.0 Å². The van der Waals surface area contributed by atoms with Crippen LogP contribution in [0.4, 0.5) is 0 Å². The van der Waals surface area contributed by atoms with Crippen molar-refractivity contribution in [2.24, 2.45) is 0 Å². The van der Waals surface area contributed by atoms with E-state index in [2.05, 4.69) is 5.10 Å². The van der Waals surface area contributed by atoms with Gasteiger partial charge in [0.25, 0.3) is 0 Å². The first kappa shape index (κ1) is 14.8. The second-order valence-corrected chi connectivity index (χ2v) is 7.23. The van der Waals surface area contributed by atoms with E-state index >= 15 is 0 Å². The van der Waals surface area contributed by atoms with Crippen LogP contribution in [0.1, 0.15) is 18.9 Å². The number of rotatable bonds is 3. The molecule has 1 unspecified atom stereocenters. The van der Waals surface area contributed by atoms with Crippen molar-refractivity contribution in [2.45, 2.75) is 36.5 Å². The molecule has 1 aromatic heterocycles. The molecule has 1 aromatic carbocycles. The highest BCUT2D eigenvalue weighted by Crippen LogP contribution is 2.30. The Morgan fingerprint density at radius 3 is 2.91 bits per heavy atom. The zero-order valence-electron chi connectivity index (χ0n) is 12.1. The van der Waals surface area contributed by atoms with Crippen molar-refractivity contribution in [2.75, 3.05) is 0 Å². The molecule has 1 aliphatic rings. The van der Waals surface area contributed by atoms with E-state index < -0.39 is 21.1 Å². The van der Waals surface area contributed by atoms with Gasteiger partial charge < -0.3 is 4.74 Å². The number of aryl methyl sites for hydroxylation is 2. The second kappa shape index (κ2) is 5.57. The number of carbonyl (C=O) groups is 1. The van der Waals surface area contributed by atoms with Crippen LogP contribution in [-0.2, 0) is 27.6 Å². The minimum atomic E-state index is -3.70. The van der Waals surface area contributed by atoms with Gasteiger partial charge in [-0.15, -0.1) is 0 Å². The quantitative estimate of drug-likeness (QED) is 0.803. The fraction of sp³-hybridized carbons (Fsp3) is 0.333. The standard InChI is InChI=1S/C15H16N2O4S/c1-2-17-10-12(9-16-17)21-15(18)14-8-7-11-5-3-4-6-13(11)22(14,19)20/h3-6,9-10,14H,2,7-8H2,1H3. The molecule has 2 heterocycles. The third-order valence-corrected chi connectivity index (χ3v) is 5.93. The molecule has 2 aromatic rings. The molecule has 0 aliphatic carbocycles. The fourth-order valence-corrected chi connectivity index (χ4v) is 4.42. The summed E-state index contributed by atoms with van der Waals surface area (Å²) in [6, 6.07) is 6.78. The van der Waals surface area contributed by atoms with Crippen LogP contribution in [0.3, 0.4) is 0 Å². The van der Waals surface area contributed by atoms with Gasteiger partial charge in [0.15, 0.2) is 20.8 Å². The second-order valence-electron chi connectivity index (χ2n) is 5.13. The highest BCUT2D eigenvalue weighted by Gasteiger charge is 2.40. The number of hydrogen-bond donors (Lipinski definition) is 0. The van der Waals surface area contributed by atoms with E-state index in [1.807, 2.05) is 6.92 Å². The largest absolute Gasteiger partial charge is 0.422 e. The zero-order chi connectivity index (χ0) is 15.7. The predicted molar refractivity (Wildman–Crippen MR) is 79.3 cm³/mol. The lowest BCUT2D eigenvalue weighted by Crippen LogP contribution is -2.37. The summed E-state index contributed by atoms with van der Waals surface area (Å²) in [5.74, 6) is -0.480. The van der Waals surface area contributed by atoms with Gasteiger partial charge in [0.2, 0.25) is 0 Å². The van der Waals surface area contributed by atoms with Gasteiger partial charge in [-0.1, -0.05) is 18.2 Å². The van der Waals surface area contributed by atoms with Crippen LogP contribution >= 0.6 is 0 Å². The first-order valence-electron chi connectivity index (χ1n) is 7.08. The molecule has 116 valence electrons. The van der Waals surface area contributed by atoms with Crippen LogP contribution in [0, 0.1) is 0 Å². The summed E-state index contributed by atoms with van der Waals surface area (Å²) < 4.78 is 31.9. The molecule has 0 spiro atoms. The Labute approximate surface area is 128 Å². The summed E-state index contributed by atoms with van der Waals surface area (Å²) in [7, 11) is -3.70. The number of hydrogen-bond acceptors (Lipinski definition) is 5. The number of aromatic nitrogens is 2. The molecular formula is C15H16N2O4S. The van der Waals surface area contributed by atoms with Gasteiger partial charge in [-0.3, -0.25) is 9.48 Å². The van der Waals surface area contributed by atoms with Crippen molar-refractivity contribution in [1.82, 2.24) is 9.78 Å². The Morgan fingerprint density at radius 2 is 2.18 bits per heavy atom. The molecule has 3 rings (SSSR count). The van der Waals surface area contributed by atoms with Crippen molar-refractivity contribution < 1.29 is 17.9 Å². The molecule has 6 nitrogen and oxygen atoms in total. The van der Waals surface area contributed by atoms with Gasteiger partial charge in [0, 0.05) is 6.54 Å². The minimum absolute atomic E-state index is 0.229. The highest BCUT2D eigenvalue weighted by atomic mass is 32.2. The zero-order valence-corrected chi connectivity index (χ0v) is 12.9. The molecule has 0 fully saturated rings. The van der Waals surface area contributed by atoms with Gasteiger partial charge in [-0.05, 0) is 31.4 Å². The maximum absolute atomic E-state index is 12.6. The normalized spacial score (nSPS) is 19.4. The van der Waals surface area contributed by atoms with E-state index in [0.717, 1.165) is 5.56 Å². The maximum atomic E-state index is 12.6. The molecule has 1 atom stereocenters. The Kier molecular flexibility index (Phi) is 3.74. The molecule has 0 amide bonds. The first-order chi connectivity index (χ1) is 10.5. The van der Waals surface area contributed by atoms with Gasteiger partial charge in [-0.25, -0.2) is 8.42 Å². The van der Waals surface area contributed by atoms with Crippen LogP contribution in [0.25, 0.3) is 0 Å². The lowest BCUT2D eigenvalue weighted by molar-refractivity contribution is -0.134. The molecule has 1 aliphatic heterocycles. The van der Waals surface area contributed by atoms with E-state index in [1.165, 1.54) is 6.20 Å². The number of esters is 1. The Bertz CT molecular complexity index is 810. The Hall–Kier alpha value is -2.15. The lowest BCUT2D eigenvalue weighted by Gasteiger charge is -2.23. The first-order valence-corrected chi connectivity index (χ1v) is 8.63. The van der Waals surface area contributed by atoms with Crippen LogP contribution in [0.2, 0.25) is 0 Å². The molecule has 0 saturated carbocycles. The smallest absolute Gasteiger partial charge is 0.330 e. The summed E-state index contributed by atoms with van der Waals surface area (Å²) in [6.45, 7) is 2.55. The third-order valence-electron chi connectivity index (χ3n) is 3.74. The number of sulfone groups is 1. The van der Waals surface area contributed by atoms with Gasteiger partial charge >= 0.3 is 5.97 Å². The van der Waals surface area contributed by atoms with Crippen LogP contribution in [0.5, 0.6) is 5.75 Å². The average molecular weight is 320 g/mol. The predicted octanol–water partition coefficient (Wildman–Crippen LogP) is 1.60. The van der Waals surface area contributed by atoms with Crippen LogP contribution in [-0.4, -0.2) is 29.4 Å². The van der Waals surface area contributed by atoms with Crippen molar-refractivity contribution in [3.63, 3.8) is 0 Å². The number of ether oxygens (including phenoxy) is 1. The molecule has 0 saturated heterocycles. The number of benzene rings is 1. The van der Waals surface area contributed by atoms with Gasteiger partial charge in [-0.2, -0.15) is 5.10 Å². The van der Waals surface area contributed by atoms with Gasteiger partial charge in [0.1, 0.15) is 0 Å². The van der Waals surface area contributed by atoms with Gasteiger partial charge in [0.05, 0.1) is 17.3 Å². The van der Waals surface area contributed by atoms with E-state index in [-0.39, 0.29) is 17.1 Å². The molecule has 0 N–H and O–H groups in total. The SMILES string of the molecule is CCn1cc(OC(=O)C2CCc3ccccc3S2(=O)=O)cn1. The van der Waals surface area contributed by atoms with Crippen molar-refractivity contribution in [3.05, 3.63) is 42.2 Å².